The predicted octanol–water partition coefficient (Wildman–Crippen LogP) is 4.69. The maximum atomic E-state index is 12.1. The summed E-state index contributed by atoms with van der Waals surface area (Å²) in [7, 11) is 8.35. The van der Waals surface area contributed by atoms with Crippen LogP contribution in [0.2, 0.25) is 0 Å². The second-order valence-electron chi connectivity index (χ2n) is 12.8. The van der Waals surface area contributed by atoms with E-state index in [1.54, 1.807) is 12.7 Å². The fraction of sp³-hybridized carbons (Fsp3) is 0.774. The Morgan fingerprint density at radius 3 is 2.79 bits per heavy atom. The first kappa shape index (κ1) is 27.7. The second kappa shape index (κ2) is 11.7. The number of amides is 1. The molecule has 0 aromatic heterocycles. The number of nitrogens with zero attached hydrogens (tertiary/aromatic N) is 2. The lowest BCUT2D eigenvalue weighted by molar-refractivity contribution is 0.0145. The maximum absolute atomic E-state index is 12.1. The summed E-state index contributed by atoms with van der Waals surface area (Å²) in [5.41, 5.74) is 3.54. The third-order valence-electron chi connectivity index (χ3n) is 10.5. The van der Waals surface area contributed by atoms with E-state index in [1.807, 2.05) is 0 Å². The van der Waals surface area contributed by atoms with E-state index in [1.165, 1.54) is 37.7 Å². The number of rotatable bonds is 9. The topological polar surface area (TPSA) is 63.3 Å². The van der Waals surface area contributed by atoms with Crippen molar-refractivity contribution in [1.29, 1.82) is 0 Å². The molecule has 5 rings (SSSR count). The van der Waals surface area contributed by atoms with E-state index in [-0.39, 0.29) is 12.2 Å². The Kier molecular flexibility index (Phi) is 8.56. The highest BCUT2D eigenvalue weighted by Gasteiger charge is 2.55. The summed E-state index contributed by atoms with van der Waals surface area (Å²) in [5, 5.41) is 2.89. The number of ether oxygens (including phenoxy) is 3. The lowest BCUT2D eigenvalue weighted by atomic mass is 9.55. The van der Waals surface area contributed by atoms with Crippen molar-refractivity contribution < 1.29 is 19.0 Å². The van der Waals surface area contributed by atoms with Gasteiger partial charge in [-0.2, -0.15) is 0 Å². The number of alkyl carbamates (subject to hydrolysis) is 1. The second-order valence-corrected chi connectivity index (χ2v) is 12.8. The number of hydrogen-bond acceptors (Lipinski definition) is 6. The summed E-state index contributed by atoms with van der Waals surface area (Å²) in [4.78, 5) is 16.8. The molecule has 4 aliphatic rings. The average molecular weight is 528 g/mol. The molecule has 1 aromatic rings. The zero-order valence-electron chi connectivity index (χ0n) is 24.2. The highest BCUT2D eigenvalue weighted by atomic mass is 16.5. The summed E-state index contributed by atoms with van der Waals surface area (Å²) < 4.78 is 16.8. The molecule has 1 heterocycles. The Hall–Kier alpha value is -1.83. The summed E-state index contributed by atoms with van der Waals surface area (Å²) >= 11 is 0. The number of aryl methyl sites for hydroxylation is 1. The third-order valence-corrected chi connectivity index (χ3v) is 10.5. The van der Waals surface area contributed by atoms with Crippen LogP contribution < -0.4 is 10.1 Å². The van der Waals surface area contributed by atoms with Crippen LogP contribution in [0.15, 0.2) is 18.2 Å². The van der Waals surface area contributed by atoms with Gasteiger partial charge in [-0.15, -0.1) is 0 Å². The molecule has 1 aliphatic heterocycles. The van der Waals surface area contributed by atoms with E-state index < -0.39 is 0 Å². The van der Waals surface area contributed by atoms with E-state index in [4.69, 9.17) is 14.2 Å². The molecular weight excluding hydrogens is 478 g/mol. The SMILES string of the molecule is COC1CC(CNC(=O)OCCCOc2ccc3c(c2)CCC2C3CCC3(C)C2CCC3N(C)C)N(C)C1. The van der Waals surface area contributed by atoms with E-state index >= 15 is 0 Å². The van der Waals surface area contributed by atoms with Crippen molar-refractivity contribution in [2.24, 2.45) is 17.3 Å². The monoisotopic (exact) mass is 527 g/mol. The van der Waals surface area contributed by atoms with Gasteiger partial charge in [-0.25, -0.2) is 4.79 Å². The maximum Gasteiger partial charge on any atom is 0.407 e. The molecule has 7 atom stereocenters. The molecule has 212 valence electrons. The molecule has 38 heavy (non-hydrogen) atoms. The highest BCUT2D eigenvalue weighted by Crippen LogP contribution is 2.61. The molecule has 3 fully saturated rings. The van der Waals surface area contributed by atoms with Gasteiger partial charge in [0.2, 0.25) is 0 Å². The molecule has 1 aromatic carbocycles. The Labute approximate surface area is 229 Å². The number of benzene rings is 1. The minimum absolute atomic E-state index is 0.242. The van der Waals surface area contributed by atoms with Crippen LogP contribution in [0.3, 0.4) is 0 Å². The van der Waals surface area contributed by atoms with Crippen molar-refractivity contribution >= 4 is 6.09 Å². The highest BCUT2D eigenvalue weighted by molar-refractivity contribution is 5.67. The van der Waals surface area contributed by atoms with Gasteiger partial charge >= 0.3 is 6.09 Å². The average Bonchev–Trinajstić information content (AvgIpc) is 3.45. The lowest BCUT2D eigenvalue weighted by Crippen LogP contribution is -2.48. The standard InChI is InChI=1S/C31H49N3O4/c1-31-14-13-26-25-10-8-23(17-21(25)7-9-27(26)28(31)11-12-29(31)33(2)3)37-15-6-16-38-30(35)32-19-22-18-24(36-5)20-34(22)4/h8,10,17,22,24,26-29H,6-7,9,11-16,18-20H2,1-5H3,(H,32,35). The lowest BCUT2D eigenvalue weighted by Gasteiger charge is -2.52. The van der Waals surface area contributed by atoms with Crippen molar-refractivity contribution in [2.45, 2.75) is 82.4 Å². The van der Waals surface area contributed by atoms with Crippen LogP contribution in [-0.4, -0.2) is 88.6 Å². The Bertz CT molecular complexity index is 970. The Morgan fingerprint density at radius 2 is 2.03 bits per heavy atom. The van der Waals surface area contributed by atoms with Crippen molar-refractivity contribution in [1.82, 2.24) is 15.1 Å². The molecule has 1 N–H and O–H groups in total. The first-order chi connectivity index (χ1) is 18.3. The molecule has 7 nitrogen and oxygen atoms in total. The largest absolute Gasteiger partial charge is 0.493 e. The third kappa shape index (κ3) is 5.57. The van der Waals surface area contributed by atoms with Gasteiger partial charge in [-0.1, -0.05) is 13.0 Å². The van der Waals surface area contributed by atoms with Gasteiger partial charge in [0.15, 0.2) is 0 Å². The van der Waals surface area contributed by atoms with Crippen LogP contribution in [0, 0.1) is 17.3 Å². The van der Waals surface area contributed by atoms with Crippen molar-refractivity contribution in [3.63, 3.8) is 0 Å². The number of carbonyl (C=O) groups excluding carboxylic acids is 1. The Morgan fingerprint density at radius 1 is 1.18 bits per heavy atom. The van der Waals surface area contributed by atoms with Crippen LogP contribution in [0.1, 0.15) is 68.9 Å². The molecule has 1 amide bonds. The fourth-order valence-electron chi connectivity index (χ4n) is 8.57. The molecule has 0 spiro atoms. The minimum Gasteiger partial charge on any atom is -0.493 e. The van der Waals surface area contributed by atoms with Crippen LogP contribution >= 0.6 is 0 Å². The number of likely N-dealkylation sites (tertiary alicyclic amines) is 1. The number of hydrogen-bond donors (Lipinski definition) is 1. The van der Waals surface area contributed by atoms with Gasteiger partial charge in [-0.3, -0.25) is 4.90 Å². The van der Waals surface area contributed by atoms with E-state index in [2.05, 4.69) is 61.4 Å². The van der Waals surface area contributed by atoms with Gasteiger partial charge in [0.05, 0.1) is 19.3 Å². The summed E-state index contributed by atoms with van der Waals surface area (Å²) in [6.45, 7) is 4.97. The normalized spacial score (nSPS) is 34.5. The van der Waals surface area contributed by atoms with Gasteiger partial charge in [0, 0.05) is 38.7 Å². The van der Waals surface area contributed by atoms with Crippen LogP contribution in [-0.2, 0) is 15.9 Å². The van der Waals surface area contributed by atoms with Crippen molar-refractivity contribution in [3.8, 4) is 5.75 Å². The van der Waals surface area contributed by atoms with Crippen LogP contribution in [0.5, 0.6) is 5.75 Å². The van der Waals surface area contributed by atoms with Gasteiger partial charge in [0.1, 0.15) is 5.75 Å². The molecule has 7 unspecified atom stereocenters. The Balaban J connectivity index is 1.05. The van der Waals surface area contributed by atoms with E-state index in [9.17, 15) is 4.79 Å². The van der Waals surface area contributed by atoms with Crippen LogP contribution in [0.25, 0.3) is 0 Å². The van der Waals surface area contributed by atoms with Crippen molar-refractivity contribution in [3.05, 3.63) is 29.3 Å². The zero-order valence-corrected chi connectivity index (χ0v) is 24.2. The first-order valence-corrected chi connectivity index (χ1v) is 14.9. The zero-order chi connectivity index (χ0) is 26.9. The minimum atomic E-state index is -0.356. The number of likely N-dealkylation sites (N-methyl/N-ethyl adjacent to an activating group) is 1. The molecule has 0 bridgehead atoms. The number of carbonyl (C=O) groups is 1. The smallest absolute Gasteiger partial charge is 0.407 e. The van der Waals surface area contributed by atoms with Crippen LogP contribution in [0.4, 0.5) is 4.79 Å². The van der Waals surface area contributed by atoms with E-state index in [0.29, 0.717) is 43.6 Å². The summed E-state index contributed by atoms with van der Waals surface area (Å²) in [6, 6.07) is 7.81. The fourth-order valence-corrected chi connectivity index (χ4v) is 8.57. The summed E-state index contributed by atoms with van der Waals surface area (Å²) in [5.74, 6) is 3.34. The molecular formula is C31H49N3O4. The quantitative estimate of drug-likeness (QED) is 0.470. The van der Waals surface area contributed by atoms with Gasteiger partial charge in [0.25, 0.3) is 0 Å². The molecule has 2 saturated carbocycles. The predicted molar refractivity (Wildman–Crippen MR) is 150 cm³/mol. The molecule has 7 heteroatoms. The molecule has 1 saturated heterocycles. The number of methoxy groups -OCH3 is 1. The van der Waals surface area contributed by atoms with Gasteiger partial charge < -0.3 is 24.4 Å². The molecule has 0 radical (unpaired) electrons. The van der Waals surface area contributed by atoms with E-state index in [0.717, 1.165) is 43.0 Å². The first-order valence-electron chi connectivity index (χ1n) is 14.9. The number of nitrogens with one attached hydrogen (secondary N) is 1. The van der Waals surface area contributed by atoms with Gasteiger partial charge in [-0.05, 0) is 113 Å². The number of fused-ring (bicyclic) bond motifs is 5. The van der Waals surface area contributed by atoms with Crippen molar-refractivity contribution in [2.75, 3.05) is 54.6 Å². The molecule has 3 aliphatic carbocycles. The summed E-state index contributed by atoms with van der Waals surface area (Å²) in [6.07, 6.45) is 9.38.